The molecule has 0 aromatic heterocycles. The maximum atomic E-state index is 13.2. The van der Waals surface area contributed by atoms with Gasteiger partial charge in [0.2, 0.25) is 10.0 Å². The molecule has 4 nitrogen and oxygen atoms in total. The van der Waals surface area contributed by atoms with Gasteiger partial charge in [0, 0.05) is 12.6 Å². The first-order chi connectivity index (χ1) is 11.4. The van der Waals surface area contributed by atoms with E-state index >= 15 is 0 Å². The van der Waals surface area contributed by atoms with Gasteiger partial charge < -0.3 is 4.74 Å². The zero-order valence-electron chi connectivity index (χ0n) is 14.3. The zero-order chi connectivity index (χ0) is 17.3. The second-order valence-corrected chi connectivity index (χ2v) is 8.28. The summed E-state index contributed by atoms with van der Waals surface area (Å²) in [5.74, 6) is 0. The van der Waals surface area contributed by atoms with Crippen LogP contribution in [0.4, 0.5) is 0 Å². The van der Waals surface area contributed by atoms with E-state index in [-0.39, 0.29) is 12.1 Å². The molecule has 0 radical (unpaired) electrons. The molecular formula is C19H23NO3S. The first kappa shape index (κ1) is 17.1. The zero-order valence-corrected chi connectivity index (χ0v) is 15.1. The fraction of sp³-hybridized carbons (Fsp3) is 0.368. The van der Waals surface area contributed by atoms with Crippen LogP contribution in [-0.4, -0.2) is 31.9 Å². The van der Waals surface area contributed by atoms with Crippen molar-refractivity contribution < 1.29 is 13.2 Å². The van der Waals surface area contributed by atoms with E-state index in [0.717, 1.165) is 16.7 Å². The van der Waals surface area contributed by atoms with Gasteiger partial charge in [-0.05, 0) is 43.5 Å². The predicted octanol–water partition coefficient (Wildman–Crippen LogP) is 3.45. The molecule has 0 saturated carbocycles. The largest absolute Gasteiger partial charge is 0.370 e. The molecule has 1 heterocycles. The number of benzene rings is 2. The molecule has 1 fully saturated rings. The van der Waals surface area contributed by atoms with Crippen LogP contribution in [0.5, 0.6) is 0 Å². The summed E-state index contributed by atoms with van der Waals surface area (Å²) < 4.78 is 33.9. The highest BCUT2D eigenvalue weighted by molar-refractivity contribution is 7.89. The van der Waals surface area contributed by atoms with Gasteiger partial charge in [0.15, 0.2) is 0 Å². The molecule has 2 atom stereocenters. The fourth-order valence-electron chi connectivity index (χ4n) is 3.05. The van der Waals surface area contributed by atoms with Gasteiger partial charge in [-0.1, -0.05) is 42.5 Å². The minimum Gasteiger partial charge on any atom is -0.370 e. The van der Waals surface area contributed by atoms with Crippen LogP contribution in [-0.2, 0) is 14.8 Å². The van der Waals surface area contributed by atoms with E-state index in [2.05, 4.69) is 0 Å². The Bertz CT molecular complexity index is 818. The first-order valence-corrected chi connectivity index (χ1v) is 9.59. The van der Waals surface area contributed by atoms with Crippen LogP contribution in [0.3, 0.4) is 0 Å². The molecule has 0 aliphatic carbocycles. The molecule has 1 aliphatic rings. The Labute approximate surface area is 144 Å². The van der Waals surface area contributed by atoms with E-state index in [9.17, 15) is 8.42 Å². The van der Waals surface area contributed by atoms with Crippen molar-refractivity contribution in [2.24, 2.45) is 0 Å². The Morgan fingerprint density at radius 3 is 2.50 bits per heavy atom. The summed E-state index contributed by atoms with van der Waals surface area (Å²) in [7, 11) is -3.55. The lowest BCUT2D eigenvalue weighted by atomic mass is 10.1. The van der Waals surface area contributed by atoms with E-state index in [1.54, 1.807) is 10.4 Å². The highest BCUT2D eigenvalue weighted by Gasteiger charge is 2.36. The average Bonchev–Trinajstić information content (AvgIpc) is 2.58. The highest BCUT2D eigenvalue weighted by atomic mass is 32.2. The SMILES string of the molecule is Cc1ccc(C)c(S(=O)(=O)N2CC(c3ccccc3)OCC2C)c1. The second-order valence-electron chi connectivity index (χ2n) is 6.43. The van der Waals surface area contributed by atoms with Gasteiger partial charge in [0.1, 0.15) is 0 Å². The number of morpholine rings is 1. The van der Waals surface area contributed by atoms with Crippen LogP contribution >= 0.6 is 0 Å². The van der Waals surface area contributed by atoms with E-state index < -0.39 is 10.0 Å². The molecule has 128 valence electrons. The van der Waals surface area contributed by atoms with Gasteiger partial charge in [0.05, 0.1) is 17.6 Å². The third kappa shape index (κ3) is 3.24. The Kier molecular flexibility index (Phi) is 4.76. The number of aryl methyl sites for hydroxylation is 2. The van der Waals surface area contributed by atoms with Crippen molar-refractivity contribution in [3.8, 4) is 0 Å². The lowest BCUT2D eigenvalue weighted by Crippen LogP contribution is -2.48. The van der Waals surface area contributed by atoms with Gasteiger partial charge in [-0.2, -0.15) is 4.31 Å². The van der Waals surface area contributed by atoms with E-state index in [1.807, 2.05) is 63.2 Å². The van der Waals surface area contributed by atoms with Crippen molar-refractivity contribution in [1.29, 1.82) is 0 Å². The molecule has 24 heavy (non-hydrogen) atoms. The highest BCUT2D eigenvalue weighted by Crippen LogP contribution is 2.30. The van der Waals surface area contributed by atoms with Gasteiger partial charge in [0.25, 0.3) is 0 Å². The monoisotopic (exact) mass is 345 g/mol. The molecule has 2 aromatic carbocycles. The standard InChI is InChI=1S/C19H23NO3S/c1-14-9-10-15(2)19(11-14)24(21,22)20-12-18(23-13-16(20)3)17-7-5-4-6-8-17/h4-11,16,18H,12-13H2,1-3H3. The van der Waals surface area contributed by atoms with E-state index in [1.165, 1.54) is 0 Å². The van der Waals surface area contributed by atoms with E-state index in [4.69, 9.17) is 4.74 Å². The third-order valence-electron chi connectivity index (χ3n) is 4.48. The summed E-state index contributed by atoms with van der Waals surface area (Å²) in [6.07, 6.45) is -0.234. The molecule has 0 N–H and O–H groups in total. The molecule has 5 heteroatoms. The smallest absolute Gasteiger partial charge is 0.243 e. The Morgan fingerprint density at radius 1 is 1.08 bits per heavy atom. The molecule has 0 amide bonds. The number of hydrogen-bond donors (Lipinski definition) is 0. The first-order valence-electron chi connectivity index (χ1n) is 8.15. The van der Waals surface area contributed by atoms with Crippen LogP contribution in [0.25, 0.3) is 0 Å². The number of hydrogen-bond acceptors (Lipinski definition) is 3. The lowest BCUT2D eigenvalue weighted by molar-refractivity contribution is -0.0288. The van der Waals surface area contributed by atoms with Crippen molar-refractivity contribution in [2.75, 3.05) is 13.2 Å². The summed E-state index contributed by atoms with van der Waals surface area (Å²) in [6, 6.07) is 15.2. The van der Waals surface area contributed by atoms with Crippen molar-refractivity contribution in [3.05, 3.63) is 65.2 Å². The minimum absolute atomic E-state index is 0.185. The number of ether oxygens (including phenoxy) is 1. The maximum absolute atomic E-state index is 13.2. The summed E-state index contributed by atoms with van der Waals surface area (Å²) >= 11 is 0. The van der Waals surface area contributed by atoms with Gasteiger partial charge in [-0.15, -0.1) is 0 Å². The molecule has 2 aromatic rings. The second kappa shape index (κ2) is 6.67. The summed E-state index contributed by atoms with van der Waals surface area (Å²) in [5, 5.41) is 0. The van der Waals surface area contributed by atoms with Crippen LogP contribution in [0.15, 0.2) is 53.4 Å². The van der Waals surface area contributed by atoms with Gasteiger partial charge in [-0.25, -0.2) is 8.42 Å². The molecule has 2 unspecified atom stereocenters. The number of sulfonamides is 1. The molecular weight excluding hydrogens is 322 g/mol. The average molecular weight is 345 g/mol. The minimum atomic E-state index is -3.55. The number of nitrogens with zero attached hydrogens (tertiary/aromatic N) is 1. The predicted molar refractivity (Wildman–Crippen MR) is 94.4 cm³/mol. The van der Waals surface area contributed by atoms with Crippen molar-refractivity contribution in [1.82, 2.24) is 4.31 Å². The summed E-state index contributed by atoms with van der Waals surface area (Å²) in [4.78, 5) is 0.392. The van der Waals surface area contributed by atoms with Crippen molar-refractivity contribution in [3.63, 3.8) is 0 Å². The van der Waals surface area contributed by atoms with E-state index in [0.29, 0.717) is 18.0 Å². The fourth-order valence-corrected chi connectivity index (χ4v) is 4.98. The Morgan fingerprint density at radius 2 is 1.79 bits per heavy atom. The molecule has 1 saturated heterocycles. The van der Waals surface area contributed by atoms with Crippen molar-refractivity contribution in [2.45, 2.75) is 37.8 Å². The quantitative estimate of drug-likeness (QED) is 0.856. The molecule has 1 aliphatic heterocycles. The van der Waals surface area contributed by atoms with Crippen LogP contribution in [0, 0.1) is 13.8 Å². The molecule has 0 spiro atoms. The van der Waals surface area contributed by atoms with Gasteiger partial charge in [-0.3, -0.25) is 0 Å². The topological polar surface area (TPSA) is 46.6 Å². The summed E-state index contributed by atoms with van der Waals surface area (Å²) in [6.45, 7) is 6.37. The lowest BCUT2D eigenvalue weighted by Gasteiger charge is -2.37. The Balaban J connectivity index is 1.95. The summed E-state index contributed by atoms with van der Waals surface area (Å²) in [5.41, 5.74) is 2.72. The number of rotatable bonds is 3. The Hall–Kier alpha value is -1.69. The molecule has 3 rings (SSSR count). The van der Waals surface area contributed by atoms with Gasteiger partial charge >= 0.3 is 0 Å². The maximum Gasteiger partial charge on any atom is 0.243 e. The van der Waals surface area contributed by atoms with Crippen molar-refractivity contribution >= 4 is 10.0 Å². The van der Waals surface area contributed by atoms with Crippen LogP contribution < -0.4 is 0 Å². The third-order valence-corrected chi connectivity index (χ3v) is 6.60. The normalized spacial score (nSPS) is 22.5. The van der Waals surface area contributed by atoms with Crippen LogP contribution in [0.1, 0.15) is 29.7 Å². The van der Waals surface area contributed by atoms with Crippen LogP contribution in [0.2, 0.25) is 0 Å². The molecule has 0 bridgehead atoms.